The first-order valence-electron chi connectivity index (χ1n) is 6.53. The van der Waals surface area contributed by atoms with Crippen LogP contribution in [0, 0.1) is 11.8 Å². The minimum atomic E-state index is -0.625. The highest BCUT2D eigenvalue weighted by molar-refractivity contribution is 5.70. The molecule has 1 heterocycles. The summed E-state index contributed by atoms with van der Waals surface area (Å²) in [6.45, 7) is 8.66. The average Bonchev–Trinajstić information content (AvgIpc) is 2.21. The fraction of sp³-hybridized carbons (Fsp3) is 0.923. The molecule has 0 radical (unpaired) electrons. The second-order valence-electron chi connectivity index (χ2n) is 5.22. The number of carbonyl (C=O) groups is 1. The Kier molecular flexibility index (Phi) is 5.26. The van der Waals surface area contributed by atoms with E-state index in [2.05, 4.69) is 25.7 Å². The summed E-state index contributed by atoms with van der Waals surface area (Å²) in [5, 5.41) is 9.14. The molecule has 16 heavy (non-hydrogen) atoms. The van der Waals surface area contributed by atoms with Gasteiger partial charge in [-0.1, -0.05) is 20.3 Å². The van der Waals surface area contributed by atoms with Crippen LogP contribution >= 0.6 is 0 Å². The monoisotopic (exact) mass is 227 g/mol. The molecule has 0 aromatic carbocycles. The van der Waals surface area contributed by atoms with Crippen molar-refractivity contribution in [1.82, 2.24) is 4.90 Å². The molecule has 3 heteroatoms. The molecular weight excluding hydrogens is 202 g/mol. The van der Waals surface area contributed by atoms with Crippen LogP contribution in [0.3, 0.4) is 0 Å². The quantitative estimate of drug-likeness (QED) is 0.785. The molecule has 0 aromatic rings. The Balaban J connectivity index is 2.50. The molecule has 0 saturated carbocycles. The van der Waals surface area contributed by atoms with Gasteiger partial charge in [0.1, 0.15) is 0 Å². The number of aliphatic carboxylic acids is 1. The SMILES string of the molecule is CCCC(C)CN1CCC[C@H](C(=O)O)[C@@H]1C. The number of likely N-dealkylation sites (tertiary alicyclic amines) is 1. The summed E-state index contributed by atoms with van der Waals surface area (Å²) >= 11 is 0. The minimum absolute atomic E-state index is 0.164. The normalized spacial score (nSPS) is 28.9. The maximum absolute atomic E-state index is 11.1. The maximum Gasteiger partial charge on any atom is 0.308 e. The number of nitrogens with zero attached hydrogens (tertiary/aromatic N) is 1. The molecule has 0 amide bonds. The van der Waals surface area contributed by atoms with Crippen LogP contribution in [-0.2, 0) is 4.79 Å². The first-order chi connectivity index (χ1) is 7.56. The Labute approximate surface area is 98.8 Å². The van der Waals surface area contributed by atoms with Crippen molar-refractivity contribution in [2.75, 3.05) is 13.1 Å². The van der Waals surface area contributed by atoms with Crippen molar-refractivity contribution in [2.45, 2.75) is 52.5 Å². The Hall–Kier alpha value is -0.570. The molecule has 1 fully saturated rings. The topological polar surface area (TPSA) is 40.5 Å². The second-order valence-corrected chi connectivity index (χ2v) is 5.22. The summed E-state index contributed by atoms with van der Waals surface area (Å²) in [5.74, 6) is -0.108. The van der Waals surface area contributed by atoms with Crippen molar-refractivity contribution in [1.29, 1.82) is 0 Å². The molecule has 1 unspecified atom stereocenters. The predicted molar refractivity (Wildman–Crippen MR) is 65.5 cm³/mol. The van der Waals surface area contributed by atoms with Crippen LogP contribution in [-0.4, -0.2) is 35.1 Å². The smallest absolute Gasteiger partial charge is 0.308 e. The molecule has 94 valence electrons. The third kappa shape index (κ3) is 3.48. The van der Waals surface area contributed by atoms with Gasteiger partial charge in [-0.3, -0.25) is 9.69 Å². The number of rotatable bonds is 5. The Morgan fingerprint density at radius 3 is 2.81 bits per heavy atom. The van der Waals surface area contributed by atoms with Gasteiger partial charge >= 0.3 is 5.97 Å². The minimum Gasteiger partial charge on any atom is -0.481 e. The zero-order valence-corrected chi connectivity index (χ0v) is 10.8. The van der Waals surface area contributed by atoms with Gasteiger partial charge in [-0.05, 0) is 38.6 Å². The highest BCUT2D eigenvalue weighted by Gasteiger charge is 2.32. The van der Waals surface area contributed by atoms with Gasteiger partial charge in [0, 0.05) is 12.6 Å². The molecule has 1 aliphatic heterocycles. The predicted octanol–water partition coefficient (Wildman–Crippen LogP) is 2.61. The summed E-state index contributed by atoms with van der Waals surface area (Å²) in [5.41, 5.74) is 0. The molecule has 0 bridgehead atoms. The third-order valence-corrected chi connectivity index (χ3v) is 3.76. The van der Waals surface area contributed by atoms with Crippen molar-refractivity contribution in [3.8, 4) is 0 Å². The van der Waals surface area contributed by atoms with E-state index < -0.39 is 5.97 Å². The first-order valence-corrected chi connectivity index (χ1v) is 6.53. The van der Waals surface area contributed by atoms with E-state index in [4.69, 9.17) is 5.11 Å². The molecular formula is C13H25NO2. The molecule has 1 saturated heterocycles. The fourth-order valence-electron chi connectivity index (χ4n) is 2.79. The van der Waals surface area contributed by atoms with Gasteiger partial charge < -0.3 is 5.11 Å². The van der Waals surface area contributed by atoms with E-state index >= 15 is 0 Å². The van der Waals surface area contributed by atoms with E-state index in [1.165, 1.54) is 12.8 Å². The average molecular weight is 227 g/mol. The third-order valence-electron chi connectivity index (χ3n) is 3.76. The van der Waals surface area contributed by atoms with Crippen molar-refractivity contribution >= 4 is 5.97 Å². The lowest BCUT2D eigenvalue weighted by Gasteiger charge is -2.38. The van der Waals surface area contributed by atoms with Gasteiger partial charge in [0.15, 0.2) is 0 Å². The van der Waals surface area contributed by atoms with E-state index in [-0.39, 0.29) is 12.0 Å². The Bertz CT molecular complexity index is 230. The van der Waals surface area contributed by atoms with Crippen molar-refractivity contribution < 1.29 is 9.90 Å². The standard InChI is InChI=1S/C13H25NO2/c1-4-6-10(2)9-14-8-5-7-12(11(14)3)13(15)16/h10-12H,4-9H2,1-3H3,(H,15,16)/t10?,11-,12-/m0/s1. The van der Waals surface area contributed by atoms with Crippen LogP contribution in [0.1, 0.15) is 46.5 Å². The fourth-order valence-corrected chi connectivity index (χ4v) is 2.79. The van der Waals surface area contributed by atoms with Gasteiger partial charge in [0.05, 0.1) is 5.92 Å². The van der Waals surface area contributed by atoms with Crippen molar-refractivity contribution in [3.63, 3.8) is 0 Å². The van der Waals surface area contributed by atoms with Gasteiger partial charge in [-0.15, -0.1) is 0 Å². The van der Waals surface area contributed by atoms with Crippen LogP contribution in [0.2, 0.25) is 0 Å². The van der Waals surface area contributed by atoms with Crippen LogP contribution in [0.15, 0.2) is 0 Å². The summed E-state index contributed by atoms with van der Waals surface area (Å²) in [6, 6.07) is 0.200. The Morgan fingerprint density at radius 2 is 2.25 bits per heavy atom. The molecule has 3 atom stereocenters. The summed E-state index contributed by atoms with van der Waals surface area (Å²) in [4.78, 5) is 13.5. The number of carboxylic acid groups (broad SMARTS) is 1. The van der Waals surface area contributed by atoms with Crippen LogP contribution in [0.4, 0.5) is 0 Å². The molecule has 1 N–H and O–H groups in total. The van der Waals surface area contributed by atoms with Gasteiger partial charge in [-0.2, -0.15) is 0 Å². The molecule has 3 nitrogen and oxygen atoms in total. The van der Waals surface area contributed by atoms with E-state index in [9.17, 15) is 4.79 Å². The van der Waals surface area contributed by atoms with Crippen molar-refractivity contribution in [3.05, 3.63) is 0 Å². The van der Waals surface area contributed by atoms with Crippen LogP contribution in [0.5, 0.6) is 0 Å². The van der Waals surface area contributed by atoms with E-state index in [1.807, 2.05) is 0 Å². The lowest BCUT2D eigenvalue weighted by atomic mass is 9.89. The molecule has 1 aliphatic rings. The molecule has 0 aromatic heterocycles. The highest BCUT2D eigenvalue weighted by atomic mass is 16.4. The maximum atomic E-state index is 11.1. The zero-order valence-electron chi connectivity index (χ0n) is 10.8. The first kappa shape index (κ1) is 13.5. The molecule has 1 rings (SSSR count). The number of carboxylic acids is 1. The number of piperidine rings is 1. The molecule has 0 spiro atoms. The van der Waals surface area contributed by atoms with E-state index in [1.54, 1.807) is 0 Å². The number of hydrogen-bond donors (Lipinski definition) is 1. The second kappa shape index (κ2) is 6.24. The van der Waals surface area contributed by atoms with Gasteiger partial charge in [0.2, 0.25) is 0 Å². The summed E-state index contributed by atoms with van der Waals surface area (Å²) in [7, 11) is 0. The number of hydrogen-bond acceptors (Lipinski definition) is 2. The van der Waals surface area contributed by atoms with Crippen LogP contribution < -0.4 is 0 Å². The largest absolute Gasteiger partial charge is 0.481 e. The lowest BCUT2D eigenvalue weighted by Crippen LogP contribution is -2.47. The lowest BCUT2D eigenvalue weighted by molar-refractivity contribution is -0.145. The summed E-state index contributed by atoms with van der Waals surface area (Å²) in [6.07, 6.45) is 4.32. The zero-order chi connectivity index (χ0) is 12.1. The van der Waals surface area contributed by atoms with Gasteiger partial charge in [0.25, 0.3) is 0 Å². The van der Waals surface area contributed by atoms with E-state index in [0.29, 0.717) is 5.92 Å². The van der Waals surface area contributed by atoms with Gasteiger partial charge in [-0.25, -0.2) is 0 Å². The highest BCUT2D eigenvalue weighted by Crippen LogP contribution is 2.25. The summed E-state index contributed by atoms with van der Waals surface area (Å²) < 4.78 is 0. The van der Waals surface area contributed by atoms with E-state index in [0.717, 1.165) is 25.9 Å². The molecule has 0 aliphatic carbocycles. The Morgan fingerprint density at radius 1 is 1.56 bits per heavy atom. The van der Waals surface area contributed by atoms with Crippen LogP contribution in [0.25, 0.3) is 0 Å². The van der Waals surface area contributed by atoms with Crippen molar-refractivity contribution in [2.24, 2.45) is 11.8 Å².